The summed E-state index contributed by atoms with van der Waals surface area (Å²) in [5, 5.41) is 0.507. The quantitative estimate of drug-likeness (QED) is 0.743. The highest BCUT2D eigenvalue weighted by Crippen LogP contribution is 2.15. The molecule has 0 radical (unpaired) electrons. The normalized spacial score (nSPS) is 11.9. The van der Waals surface area contributed by atoms with Crippen molar-refractivity contribution in [3.8, 4) is 0 Å². The van der Waals surface area contributed by atoms with Gasteiger partial charge in [-0.2, -0.15) is 0 Å². The summed E-state index contributed by atoms with van der Waals surface area (Å²) in [6.45, 7) is 2.23. The van der Waals surface area contributed by atoms with Gasteiger partial charge >= 0.3 is 0 Å². The Bertz CT molecular complexity index is 934. The minimum absolute atomic E-state index is 0.210. The van der Waals surface area contributed by atoms with Crippen LogP contribution in [0.15, 0.2) is 47.4 Å². The van der Waals surface area contributed by atoms with Crippen LogP contribution in [0.4, 0.5) is 0 Å². The van der Waals surface area contributed by atoms with Crippen LogP contribution in [0.3, 0.4) is 0 Å². The molecule has 1 aromatic heterocycles. The average molecular weight is 350 g/mol. The molecule has 3 aromatic rings. The molecule has 0 aliphatic rings. The third kappa shape index (κ3) is 3.72. The Kier molecular flexibility index (Phi) is 4.39. The molecule has 120 valence electrons. The van der Waals surface area contributed by atoms with Crippen LogP contribution in [-0.2, 0) is 16.4 Å². The number of aromatic nitrogens is 2. The summed E-state index contributed by atoms with van der Waals surface area (Å²) in [6, 6.07) is 12.0. The zero-order chi connectivity index (χ0) is 16.4. The standard InChI is InChI=1S/C16H16ClN3O2S/c1-11-19-15-7-2-12(10-16(15)20-11)8-9-18-23(21,22)14-5-3-13(17)4-6-14/h2-7,10,18H,8-9H2,1H3,(H,19,20). The maximum atomic E-state index is 12.2. The molecule has 0 saturated heterocycles. The van der Waals surface area contributed by atoms with Crippen LogP contribution in [-0.4, -0.2) is 24.9 Å². The zero-order valence-corrected chi connectivity index (χ0v) is 14.1. The Morgan fingerprint density at radius 3 is 2.65 bits per heavy atom. The summed E-state index contributed by atoms with van der Waals surface area (Å²) in [4.78, 5) is 7.73. The number of hydrogen-bond acceptors (Lipinski definition) is 3. The van der Waals surface area contributed by atoms with Gasteiger partial charge in [0.05, 0.1) is 15.9 Å². The number of H-pyrrole nitrogens is 1. The van der Waals surface area contributed by atoms with Gasteiger partial charge in [0.15, 0.2) is 0 Å². The smallest absolute Gasteiger partial charge is 0.240 e. The van der Waals surface area contributed by atoms with Gasteiger partial charge in [-0.3, -0.25) is 0 Å². The molecule has 0 unspecified atom stereocenters. The molecule has 0 spiro atoms. The van der Waals surface area contributed by atoms with Gasteiger partial charge < -0.3 is 4.98 Å². The fourth-order valence-corrected chi connectivity index (χ4v) is 3.52. The Morgan fingerprint density at radius 2 is 1.91 bits per heavy atom. The predicted octanol–water partition coefficient (Wildman–Crippen LogP) is 3.05. The molecule has 0 amide bonds. The first kappa shape index (κ1) is 16.0. The molecule has 0 bridgehead atoms. The van der Waals surface area contributed by atoms with E-state index in [2.05, 4.69) is 14.7 Å². The predicted molar refractivity (Wildman–Crippen MR) is 91.2 cm³/mol. The van der Waals surface area contributed by atoms with Gasteiger partial charge in [0.1, 0.15) is 5.82 Å². The number of imidazole rings is 1. The van der Waals surface area contributed by atoms with E-state index in [1.54, 1.807) is 12.1 Å². The number of rotatable bonds is 5. The number of hydrogen-bond donors (Lipinski definition) is 2. The molecular formula is C16H16ClN3O2S. The van der Waals surface area contributed by atoms with Crippen LogP contribution < -0.4 is 4.72 Å². The zero-order valence-electron chi connectivity index (χ0n) is 12.5. The van der Waals surface area contributed by atoms with Crippen molar-refractivity contribution in [1.82, 2.24) is 14.7 Å². The van der Waals surface area contributed by atoms with Gasteiger partial charge in [-0.15, -0.1) is 0 Å². The minimum Gasteiger partial charge on any atom is -0.342 e. The summed E-state index contributed by atoms with van der Waals surface area (Å²) in [6.07, 6.45) is 0.598. The third-order valence-corrected chi connectivity index (χ3v) is 5.22. The van der Waals surface area contributed by atoms with Crippen molar-refractivity contribution >= 4 is 32.7 Å². The lowest BCUT2D eigenvalue weighted by molar-refractivity contribution is 0.581. The number of aryl methyl sites for hydroxylation is 1. The molecule has 0 aliphatic heterocycles. The van der Waals surface area contributed by atoms with E-state index in [4.69, 9.17) is 11.6 Å². The van der Waals surface area contributed by atoms with E-state index in [1.807, 2.05) is 25.1 Å². The van der Waals surface area contributed by atoms with Crippen LogP contribution in [0.5, 0.6) is 0 Å². The summed E-state index contributed by atoms with van der Waals surface area (Å²) < 4.78 is 27.0. The van der Waals surface area contributed by atoms with Gasteiger partial charge in [0.25, 0.3) is 0 Å². The maximum Gasteiger partial charge on any atom is 0.240 e. The molecule has 0 aliphatic carbocycles. The van der Waals surface area contributed by atoms with Crippen molar-refractivity contribution in [2.45, 2.75) is 18.2 Å². The SMILES string of the molecule is Cc1nc2ccc(CCNS(=O)(=O)c3ccc(Cl)cc3)cc2[nH]1. The van der Waals surface area contributed by atoms with Crippen molar-refractivity contribution < 1.29 is 8.42 Å². The van der Waals surface area contributed by atoms with Crippen molar-refractivity contribution in [2.24, 2.45) is 0 Å². The van der Waals surface area contributed by atoms with E-state index in [-0.39, 0.29) is 4.90 Å². The van der Waals surface area contributed by atoms with Gasteiger partial charge in [0.2, 0.25) is 10.0 Å². The second-order valence-corrected chi connectivity index (χ2v) is 7.48. The van der Waals surface area contributed by atoms with Gasteiger partial charge in [-0.25, -0.2) is 18.1 Å². The third-order valence-electron chi connectivity index (χ3n) is 3.49. The molecule has 1 heterocycles. The number of benzene rings is 2. The highest BCUT2D eigenvalue weighted by atomic mass is 35.5. The number of nitrogens with one attached hydrogen (secondary N) is 2. The minimum atomic E-state index is -3.51. The number of aromatic amines is 1. The molecule has 0 atom stereocenters. The van der Waals surface area contributed by atoms with E-state index >= 15 is 0 Å². The molecule has 2 N–H and O–H groups in total. The lowest BCUT2D eigenvalue weighted by Crippen LogP contribution is -2.25. The van der Waals surface area contributed by atoms with E-state index in [0.29, 0.717) is 18.0 Å². The molecule has 7 heteroatoms. The van der Waals surface area contributed by atoms with Crippen LogP contribution in [0.1, 0.15) is 11.4 Å². The van der Waals surface area contributed by atoms with Crippen LogP contribution in [0.2, 0.25) is 5.02 Å². The fraction of sp³-hybridized carbons (Fsp3) is 0.188. The Hall–Kier alpha value is -1.89. The van der Waals surface area contributed by atoms with Gasteiger partial charge in [-0.05, 0) is 55.3 Å². The van der Waals surface area contributed by atoms with Crippen molar-refractivity contribution in [1.29, 1.82) is 0 Å². The summed E-state index contributed by atoms with van der Waals surface area (Å²) in [5.74, 6) is 0.862. The molecule has 23 heavy (non-hydrogen) atoms. The average Bonchev–Trinajstić information content (AvgIpc) is 2.87. The Labute approximate surface area is 139 Å². The maximum absolute atomic E-state index is 12.2. The number of fused-ring (bicyclic) bond motifs is 1. The molecule has 3 rings (SSSR count). The summed E-state index contributed by atoms with van der Waals surface area (Å²) in [5.41, 5.74) is 2.91. The van der Waals surface area contributed by atoms with Crippen LogP contribution >= 0.6 is 11.6 Å². The van der Waals surface area contributed by atoms with Crippen LogP contribution in [0.25, 0.3) is 11.0 Å². The molecular weight excluding hydrogens is 334 g/mol. The first-order valence-electron chi connectivity index (χ1n) is 7.14. The molecule has 5 nitrogen and oxygen atoms in total. The van der Waals surface area contributed by atoms with E-state index in [9.17, 15) is 8.42 Å². The van der Waals surface area contributed by atoms with E-state index in [1.165, 1.54) is 12.1 Å². The number of nitrogens with zero attached hydrogens (tertiary/aromatic N) is 1. The highest BCUT2D eigenvalue weighted by molar-refractivity contribution is 7.89. The van der Waals surface area contributed by atoms with Crippen molar-refractivity contribution in [3.63, 3.8) is 0 Å². The van der Waals surface area contributed by atoms with Gasteiger partial charge in [0, 0.05) is 11.6 Å². The highest BCUT2D eigenvalue weighted by Gasteiger charge is 2.13. The van der Waals surface area contributed by atoms with Gasteiger partial charge in [-0.1, -0.05) is 17.7 Å². The first-order valence-corrected chi connectivity index (χ1v) is 9.01. The first-order chi connectivity index (χ1) is 10.9. The van der Waals surface area contributed by atoms with Crippen molar-refractivity contribution in [2.75, 3.05) is 6.54 Å². The molecule has 0 saturated carbocycles. The molecule has 2 aromatic carbocycles. The number of sulfonamides is 1. The molecule has 0 fully saturated rings. The fourth-order valence-electron chi connectivity index (χ4n) is 2.37. The second kappa shape index (κ2) is 6.31. The largest absolute Gasteiger partial charge is 0.342 e. The van der Waals surface area contributed by atoms with E-state index < -0.39 is 10.0 Å². The second-order valence-electron chi connectivity index (χ2n) is 5.28. The topological polar surface area (TPSA) is 74.8 Å². The summed E-state index contributed by atoms with van der Waals surface area (Å²) in [7, 11) is -3.51. The van der Waals surface area contributed by atoms with Crippen LogP contribution in [0, 0.1) is 6.92 Å². The lowest BCUT2D eigenvalue weighted by atomic mass is 10.1. The summed E-state index contributed by atoms with van der Waals surface area (Å²) >= 11 is 5.77. The Morgan fingerprint density at radius 1 is 1.17 bits per heavy atom. The lowest BCUT2D eigenvalue weighted by Gasteiger charge is -2.07. The number of halogens is 1. The van der Waals surface area contributed by atoms with Crippen molar-refractivity contribution in [3.05, 3.63) is 58.9 Å². The monoisotopic (exact) mass is 349 g/mol. The Balaban J connectivity index is 1.66. The van der Waals surface area contributed by atoms with E-state index in [0.717, 1.165) is 22.4 Å².